The van der Waals surface area contributed by atoms with Crippen molar-refractivity contribution in [3.05, 3.63) is 0 Å². The molecule has 2 rings (SSSR count). The summed E-state index contributed by atoms with van der Waals surface area (Å²) >= 11 is 0. The maximum absolute atomic E-state index is 12.1. The van der Waals surface area contributed by atoms with Crippen molar-refractivity contribution in [3.63, 3.8) is 0 Å². The molecule has 1 aliphatic carbocycles. The van der Waals surface area contributed by atoms with E-state index in [9.17, 15) is 9.90 Å². The molecule has 0 radical (unpaired) electrons. The number of carbonyl (C=O) groups excluding carboxylic acids is 1. The fourth-order valence-electron chi connectivity index (χ4n) is 2.80. The Labute approximate surface area is 108 Å². The van der Waals surface area contributed by atoms with Gasteiger partial charge in [-0.2, -0.15) is 0 Å². The summed E-state index contributed by atoms with van der Waals surface area (Å²) in [5.74, 6) is -0.0793. The van der Waals surface area contributed by atoms with Crippen molar-refractivity contribution < 1.29 is 14.6 Å². The predicted octanol–water partition coefficient (Wildman–Crippen LogP) is 0.162. The van der Waals surface area contributed by atoms with Gasteiger partial charge < -0.3 is 20.9 Å². The van der Waals surface area contributed by atoms with Crippen LogP contribution in [0.4, 0.5) is 0 Å². The van der Waals surface area contributed by atoms with Gasteiger partial charge in [0.05, 0.1) is 11.5 Å². The van der Waals surface area contributed by atoms with Crippen LogP contribution >= 0.6 is 0 Å². The number of ether oxygens (including phenoxy) is 1. The monoisotopic (exact) mass is 256 g/mol. The quantitative estimate of drug-likeness (QED) is 0.671. The van der Waals surface area contributed by atoms with E-state index in [-0.39, 0.29) is 17.9 Å². The topological polar surface area (TPSA) is 84.6 Å². The number of hydrogen-bond donors (Lipinski definition) is 3. The van der Waals surface area contributed by atoms with E-state index < -0.39 is 5.60 Å². The Morgan fingerprint density at radius 3 is 2.67 bits per heavy atom. The van der Waals surface area contributed by atoms with E-state index in [4.69, 9.17) is 10.5 Å². The van der Waals surface area contributed by atoms with E-state index in [1.807, 2.05) is 0 Å². The molecule has 1 saturated carbocycles. The Hall–Kier alpha value is -0.650. The van der Waals surface area contributed by atoms with Crippen molar-refractivity contribution in [3.8, 4) is 0 Å². The zero-order chi connectivity index (χ0) is 13.0. The van der Waals surface area contributed by atoms with Gasteiger partial charge in [0.15, 0.2) is 0 Å². The van der Waals surface area contributed by atoms with E-state index in [1.165, 1.54) is 0 Å². The number of hydrogen-bond acceptors (Lipinski definition) is 4. The van der Waals surface area contributed by atoms with Crippen LogP contribution in [0.1, 0.15) is 38.5 Å². The Morgan fingerprint density at radius 2 is 2.00 bits per heavy atom. The molecule has 5 heteroatoms. The van der Waals surface area contributed by atoms with Crippen molar-refractivity contribution in [1.29, 1.82) is 0 Å². The Kier molecular flexibility index (Phi) is 4.59. The Morgan fingerprint density at radius 1 is 1.33 bits per heavy atom. The molecule has 4 N–H and O–H groups in total. The third kappa shape index (κ3) is 3.43. The van der Waals surface area contributed by atoms with E-state index in [0.29, 0.717) is 32.6 Å². The predicted molar refractivity (Wildman–Crippen MR) is 67.9 cm³/mol. The van der Waals surface area contributed by atoms with Crippen LogP contribution in [0, 0.1) is 5.92 Å². The standard InChI is InChI=1S/C13H24N2O3/c14-11-4-2-1-3-10(11)12(16)15-9-13(17)5-7-18-8-6-13/h10-11,17H,1-9,14H2,(H,15,16). The van der Waals surface area contributed by atoms with Crippen LogP contribution in [0.3, 0.4) is 0 Å². The molecule has 104 valence electrons. The summed E-state index contributed by atoms with van der Waals surface area (Å²) in [5.41, 5.74) is 5.18. The van der Waals surface area contributed by atoms with E-state index in [2.05, 4.69) is 5.32 Å². The average molecular weight is 256 g/mol. The van der Waals surface area contributed by atoms with Gasteiger partial charge >= 0.3 is 0 Å². The van der Waals surface area contributed by atoms with Gasteiger partial charge in [-0.1, -0.05) is 12.8 Å². The number of nitrogens with two attached hydrogens (primary N) is 1. The molecule has 0 aromatic rings. The van der Waals surface area contributed by atoms with Gasteiger partial charge in [-0.25, -0.2) is 0 Å². The molecule has 5 nitrogen and oxygen atoms in total. The maximum Gasteiger partial charge on any atom is 0.224 e. The van der Waals surface area contributed by atoms with Crippen LogP contribution in [0.2, 0.25) is 0 Å². The molecule has 1 heterocycles. The highest BCUT2D eigenvalue weighted by Gasteiger charge is 2.33. The van der Waals surface area contributed by atoms with Gasteiger partial charge in [0, 0.05) is 38.6 Å². The van der Waals surface area contributed by atoms with Crippen LogP contribution in [0.25, 0.3) is 0 Å². The number of nitrogens with one attached hydrogen (secondary N) is 1. The molecule has 0 bridgehead atoms. The fraction of sp³-hybridized carbons (Fsp3) is 0.923. The highest BCUT2D eigenvalue weighted by atomic mass is 16.5. The van der Waals surface area contributed by atoms with Crippen LogP contribution in [-0.2, 0) is 9.53 Å². The third-order valence-corrected chi connectivity index (χ3v) is 4.17. The summed E-state index contributed by atoms with van der Waals surface area (Å²) in [5, 5.41) is 13.1. The van der Waals surface area contributed by atoms with Crippen molar-refractivity contribution in [2.75, 3.05) is 19.8 Å². The summed E-state index contributed by atoms with van der Waals surface area (Å²) in [6, 6.07) is -0.0249. The summed E-state index contributed by atoms with van der Waals surface area (Å²) in [6.07, 6.45) is 5.16. The van der Waals surface area contributed by atoms with Crippen LogP contribution in [0.5, 0.6) is 0 Å². The van der Waals surface area contributed by atoms with E-state index in [0.717, 1.165) is 25.7 Å². The van der Waals surface area contributed by atoms with Gasteiger partial charge in [-0.3, -0.25) is 4.79 Å². The molecule has 2 aliphatic rings. The first-order chi connectivity index (χ1) is 8.61. The lowest BCUT2D eigenvalue weighted by atomic mass is 9.84. The maximum atomic E-state index is 12.1. The van der Waals surface area contributed by atoms with Crippen molar-refractivity contribution >= 4 is 5.91 Å². The lowest BCUT2D eigenvalue weighted by Crippen LogP contribution is -2.50. The second kappa shape index (κ2) is 5.99. The molecule has 2 fully saturated rings. The number of aliphatic hydroxyl groups is 1. The first kappa shape index (κ1) is 13.8. The minimum Gasteiger partial charge on any atom is -0.388 e. The van der Waals surface area contributed by atoms with E-state index in [1.54, 1.807) is 0 Å². The van der Waals surface area contributed by atoms with Crippen LogP contribution in [0.15, 0.2) is 0 Å². The van der Waals surface area contributed by atoms with Gasteiger partial charge in [0.2, 0.25) is 5.91 Å². The smallest absolute Gasteiger partial charge is 0.224 e. The largest absolute Gasteiger partial charge is 0.388 e. The molecule has 2 unspecified atom stereocenters. The third-order valence-electron chi connectivity index (χ3n) is 4.17. The Balaban J connectivity index is 1.80. The zero-order valence-corrected chi connectivity index (χ0v) is 10.9. The minimum absolute atomic E-state index is 0.00196. The summed E-state index contributed by atoms with van der Waals surface area (Å²) in [7, 11) is 0. The minimum atomic E-state index is -0.799. The molecule has 1 amide bonds. The van der Waals surface area contributed by atoms with Crippen molar-refractivity contribution in [1.82, 2.24) is 5.32 Å². The number of rotatable bonds is 3. The van der Waals surface area contributed by atoms with Crippen LogP contribution in [-0.4, -0.2) is 42.4 Å². The number of carbonyl (C=O) groups is 1. The molecule has 0 aromatic carbocycles. The van der Waals surface area contributed by atoms with Gasteiger partial charge in [0.25, 0.3) is 0 Å². The van der Waals surface area contributed by atoms with Crippen LogP contribution < -0.4 is 11.1 Å². The second-order valence-corrected chi connectivity index (χ2v) is 5.61. The highest BCUT2D eigenvalue weighted by Crippen LogP contribution is 2.24. The molecule has 2 atom stereocenters. The normalized spacial score (nSPS) is 31.9. The summed E-state index contributed by atoms with van der Waals surface area (Å²) in [4.78, 5) is 12.1. The average Bonchev–Trinajstić information content (AvgIpc) is 2.38. The molecular formula is C13H24N2O3. The van der Waals surface area contributed by atoms with Gasteiger partial charge in [-0.05, 0) is 12.8 Å². The van der Waals surface area contributed by atoms with Gasteiger partial charge in [0.1, 0.15) is 0 Å². The molecule has 1 aliphatic heterocycles. The fourth-order valence-corrected chi connectivity index (χ4v) is 2.80. The SMILES string of the molecule is NC1CCCCC1C(=O)NCC1(O)CCOCC1. The number of amides is 1. The second-order valence-electron chi connectivity index (χ2n) is 5.61. The van der Waals surface area contributed by atoms with Gasteiger partial charge in [-0.15, -0.1) is 0 Å². The highest BCUT2D eigenvalue weighted by molar-refractivity contribution is 5.79. The molecule has 18 heavy (non-hydrogen) atoms. The lowest BCUT2D eigenvalue weighted by Gasteiger charge is -2.33. The zero-order valence-electron chi connectivity index (χ0n) is 10.9. The molecule has 1 saturated heterocycles. The first-order valence-electron chi connectivity index (χ1n) is 6.94. The lowest BCUT2D eigenvalue weighted by molar-refractivity contribution is -0.129. The summed E-state index contributed by atoms with van der Waals surface area (Å²) in [6.45, 7) is 1.45. The van der Waals surface area contributed by atoms with Crippen molar-refractivity contribution in [2.24, 2.45) is 11.7 Å². The van der Waals surface area contributed by atoms with Crippen molar-refractivity contribution in [2.45, 2.75) is 50.2 Å². The Bertz CT molecular complexity index is 290. The van der Waals surface area contributed by atoms with E-state index >= 15 is 0 Å². The molecule has 0 aromatic heterocycles. The first-order valence-corrected chi connectivity index (χ1v) is 6.94. The molecule has 0 spiro atoms. The summed E-state index contributed by atoms with van der Waals surface area (Å²) < 4.78 is 5.21. The molecular weight excluding hydrogens is 232 g/mol.